The zero-order valence-corrected chi connectivity index (χ0v) is 16.5. The number of hydrogen-bond acceptors (Lipinski definition) is 6. The van der Waals surface area contributed by atoms with Crippen LogP contribution in [0.25, 0.3) is 22.3 Å². The van der Waals surface area contributed by atoms with Crippen LogP contribution < -0.4 is 0 Å². The number of nitrogens with zero attached hydrogens (tertiary/aromatic N) is 2. The summed E-state index contributed by atoms with van der Waals surface area (Å²) in [5.41, 5.74) is 4.66. The summed E-state index contributed by atoms with van der Waals surface area (Å²) in [7, 11) is 2.76. The number of ether oxygens (including phenoxy) is 2. The van der Waals surface area contributed by atoms with E-state index in [9.17, 15) is 9.59 Å². The molecule has 0 spiro atoms. The van der Waals surface area contributed by atoms with Crippen molar-refractivity contribution in [1.29, 1.82) is 0 Å². The molecule has 3 aromatic rings. The molecule has 148 valence electrons. The number of rotatable bonds is 6. The van der Waals surface area contributed by atoms with Crippen LogP contribution in [-0.4, -0.2) is 36.1 Å². The zero-order valence-electron chi connectivity index (χ0n) is 16.5. The number of benzene rings is 2. The van der Waals surface area contributed by atoms with Crippen LogP contribution in [0.3, 0.4) is 0 Å². The monoisotopic (exact) mass is 390 g/mol. The van der Waals surface area contributed by atoms with Gasteiger partial charge in [0.1, 0.15) is 0 Å². The zero-order chi connectivity index (χ0) is 20.4. The third-order valence-electron chi connectivity index (χ3n) is 5.69. The fourth-order valence-electron chi connectivity index (χ4n) is 4.22. The van der Waals surface area contributed by atoms with Gasteiger partial charge in [-0.05, 0) is 30.5 Å². The Kier molecular flexibility index (Phi) is 5.01. The highest BCUT2D eigenvalue weighted by Crippen LogP contribution is 2.52. The Balaban J connectivity index is 1.91. The van der Waals surface area contributed by atoms with Gasteiger partial charge in [-0.25, -0.2) is 9.97 Å². The lowest BCUT2D eigenvalue weighted by atomic mass is 9.73. The Bertz CT molecular complexity index is 1070. The van der Waals surface area contributed by atoms with E-state index in [4.69, 9.17) is 19.4 Å². The third-order valence-corrected chi connectivity index (χ3v) is 5.69. The van der Waals surface area contributed by atoms with Crippen LogP contribution in [0.5, 0.6) is 0 Å². The van der Waals surface area contributed by atoms with Gasteiger partial charge >= 0.3 is 11.9 Å². The maximum atomic E-state index is 12.0. The van der Waals surface area contributed by atoms with Crippen LogP contribution in [0.4, 0.5) is 0 Å². The van der Waals surface area contributed by atoms with Crippen LogP contribution in [0.15, 0.2) is 48.5 Å². The van der Waals surface area contributed by atoms with Crippen molar-refractivity contribution in [3.63, 3.8) is 0 Å². The minimum atomic E-state index is -0.606. The quantitative estimate of drug-likeness (QED) is 0.596. The predicted octanol–water partition coefficient (Wildman–Crippen LogP) is 3.80. The first-order valence-corrected chi connectivity index (χ1v) is 9.60. The molecule has 6 heteroatoms. The fraction of sp³-hybridized carbons (Fsp3) is 0.304. The first-order chi connectivity index (χ1) is 14.1. The van der Waals surface area contributed by atoms with Crippen molar-refractivity contribution in [3.8, 4) is 11.3 Å². The van der Waals surface area contributed by atoms with Crippen molar-refractivity contribution in [2.24, 2.45) is 0 Å². The van der Waals surface area contributed by atoms with E-state index < -0.39 is 5.41 Å². The molecular weight excluding hydrogens is 368 g/mol. The van der Waals surface area contributed by atoms with Crippen LogP contribution in [0, 0.1) is 0 Å². The van der Waals surface area contributed by atoms with E-state index in [-0.39, 0.29) is 24.8 Å². The molecule has 0 aliphatic heterocycles. The van der Waals surface area contributed by atoms with Crippen LogP contribution in [0.1, 0.15) is 36.9 Å². The lowest BCUT2D eigenvalue weighted by Gasteiger charge is -2.30. The SMILES string of the molecule is COC(=O)CCC1(CCC(=O)OC)c2ccccc2-c2nc3ccccc3nc21. The Morgan fingerprint density at radius 1 is 0.828 bits per heavy atom. The Hall–Kier alpha value is -3.28. The largest absolute Gasteiger partial charge is 0.469 e. The molecule has 1 aromatic heterocycles. The minimum absolute atomic E-state index is 0.222. The molecule has 1 aliphatic carbocycles. The van der Waals surface area contributed by atoms with E-state index in [1.807, 2.05) is 48.5 Å². The standard InChI is InChI=1S/C23H22N2O4/c1-28-19(26)11-13-23(14-12-20(27)29-2)16-8-4-3-7-15(16)21-22(23)25-18-10-6-5-9-17(18)24-21/h3-10H,11-14H2,1-2H3. The Labute approximate surface area is 168 Å². The van der Waals surface area contributed by atoms with Gasteiger partial charge < -0.3 is 9.47 Å². The number of methoxy groups -OCH3 is 2. The number of carbonyl (C=O) groups excluding carboxylic acids is 2. The van der Waals surface area contributed by atoms with Gasteiger partial charge in [0.2, 0.25) is 0 Å². The molecule has 4 rings (SSSR count). The normalized spacial score (nSPS) is 13.6. The topological polar surface area (TPSA) is 78.4 Å². The van der Waals surface area contributed by atoms with Gasteiger partial charge in [0.15, 0.2) is 0 Å². The van der Waals surface area contributed by atoms with E-state index in [1.165, 1.54) is 14.2 Å². The molecule has 0 saturated carbocycles. The summed E-state index contributed by atoms with van der Waals surface area (Å²) >= 11 is 0. The second-order valence-corrected chi connectivity index (χ2v) is 7.19. The van der Waals surface area contributed by atoms with Crippen molar-refractivity contribution >= 4 is 23.0 Å². The Morgan fingerprint density at radius 2 is 1.38 bits per heavy atom. The molecule has 0 atom stereocenters. The molecular formula is C23H22N2O4. The molecule has 0 fully saturated rings. The summed E-state index contributed by atoms with van der Waals surface area (Å²) in [5.74, 6) is -0.579. The number of hydrogen-bond donors (Lipinski definition) is 0. The van der Waals surface area contributed by atoms with E-state index in [1.54, 1.807) is 0 Å². The summed E-state index contributed by atoms with van der Waals surface area (Å²) < 4.78 is 9.76. The molecule has 0 N–H and O–H groups in total. The molecule has 6 nitrogen and oxygen atoms in total. The molecule has 2 aromatic carbocycles. The predicted molar refractivity (Wildman–Crippen MR) is 108 cm³/mol. The fourth-order valence-corrected chi connectivity index (χ4v) is 4.22. The van der Waals surface area contributed by atoms with Gasteiger partial charge in [-0.15, -0.1) is 0 Å². The summed E-state index contributed by atoms with van der Waals surface area (Å²) in [6, 6.07) is 15.7. The van der Waals surface area contributed by atoms with Crippen LogP contribution in [-0.2, 0) is 24.5 Å². The maximum absolute atomic E-state index is 12.0. The lowest BCUT2D eigenvalue weighted by Crippen LogP contribution is -2.29. The van der Waals surface area contributed by atoms with Gasteiger partial charge in [0.05, 0.1) is 36.6 Å². The molecule has 0 saturated heterocycles. The lowest BCUT2D eigenvalue weighted by molar-refractivity contribution is -0.141. The van der Waals surface area contributed by atoms with Gasteiger partial charge in [-0.3, -0.25) is 9.59 Å². The molecule has 29 heavy (non-hydrogen) atoms. The van der Waals surface area contributed by atoms with E-state index in [2.05, 4.69) is 0 Å². The third kappa shape index (κ3) is 3.24. The molecule has 0 unspecified atom stereocenters. The summed E-state index contributed by atoms with van der Waals surface area (Å²) in [5, 5.41) is 0. The van der Waals surface area contributed by atoms with Crippen molar-refractivity contribution in [3.05, 3.63) is 59.8 Å². The molecule has 0 amide bonds. The van der Waals surface area contributed by atoms with Crippen molar-refractivity contribution < 1.29 is 19.1 Å². The second kappa shape index (κ2) is 7.62. The number of esters is 2. The number of para-hydroxylation sites is 2. The number of fused-ring (bicyclic) bond motifs is 4. The van der Waals surface area contributed by atoms with E-state index in [0.717, 1.165) is 33.5 Å². The average molecular weight is 390 g/mol. The Morgan fingerprint density at radius 3 is 2.00 bits per heavy atom. The van der Waals surface area contributed by atoms with E-state index >= 15 is 0 Å². The van der Waals surface area contributed by atoms with Crippen molar-refractivity contribution in [2.75, 3.05) is 14.2 Å². The van der Waals surface area contributed by atoms with Crippen LogP contribution >= 0.6 is 0 Å². The van der Waals surface area contributed by atoms with Crippen molar-refractivity contribution in [2.45, 2.75) is 31.1 Å². The highest BCUT2D eigenvalue weighted by molar-refractivity contribution is 5.84. The number of carbonyl (C=O) groups is 2. The molecule has 0 bridgehead atoms. The van der Waals surface area contributed by atoms with Gasteiger partial charge in [0.25, 0.3) is 0 Å². The number of aromatic nitrogens is 2. The second-order valence-electron chi connectivity index (χ2n) is 7.19. The minimum Gasteiger partial charge on any atom is -0.469 e. The summed E-state index contributed by atoms with van der Waals surface area (Å²) in [6.07, 6.45) is 1.40. The highest BCUT2D eigenvalue weighted by atomic mass is 16.5. The first-order valence-electron chi connectivity index (χ1n) is 9.60. The molecule has 1 aliphatic rings. The van der Waals surface area contributed by atoms with Crippen LogP contribution in [0.2, 0.25) is 0 Å². The molecule has 0 radical (unpaired) electrons. The summed E-state index contributed by atoms with van der Waals surface area (Å²) in [6.45, 7) is 0. The van der Waals surface area contributed by atoms with E-state index in [0.29, 0.717) is 12.8 Å². The highest BCUT2D eigenvalue weighted by Gasteiger charge is 2.45. The van der Waals surface area contributed by atoms with Gasteiger partial charge in [-0.2, -0.15) is 0 Å². The average Bonchev–Trinajstić information content (AvgIpc) is 3.03. The summed E-state index contributed by atoms with van der Waals surface area (Å²) in [4.78, 5) is 33.8. The first kappa shape index (κ1) is 19.1. The van der Waals surface area contributed by atoms with Crippen molar-refractivity contribution in [1.82, 2.24) is 9.97 Å². The maximum Gasteiger partial charge on any atom is 0.305 e. The molecule has 1 heterocycles. The van der Waals surface area contributed by atoms with Gasteiger partial charge in [0, 0.05) is 23.8 Å². The smallest absolute Gasteiger partial charge is 0.305 e. The van der Waals surface area contributed by atoms with Gasteiger partial charge in [-0.1, -0.05) is 36.4 Å².